The summed E-state index contributed by atoms with van der Waals surface area (Å²) in [4.78, 5) is 12.8. The molecule has 3 N–H and O–H groups in total. The maximum Gasteiger partial charge on any atom is 0.249 e. The van der Waals surface area contributed by atoms with Gasteiger partial charge in [0.2, 0.25) is 5.91 Å². The van der Waals surface area contributed by atoms with E-state index < -0.39 is 30.3 Å². The van der Waals surface area contributed by atoms with Crippen molar-refractivity contribution in [2.24, 2.45) is 5.73 Å². The average molecular weight is 556 g/mol. The maximum atomic E-state index is 12.8. The lowest BCUT2D eigenvalue weighted by molar-refractivity contribution is -0.190. The Morgan fingerprint density at radius 3 is 1.34 bits per heavy atom. The number of benzene rings is 4. The number of primary amides is 1. The highest BCUT2D eigenvalue weighted by molar-refractivity contribution is 5.79. The molecule has 7 nitrogen and oxygen atoms in total. The number of amides is 1. The van der Waals surface area contributed by atoms with Crippen LogP contribution >= 0.6 is 0 Å². The zero-order valence-electron chi connectivity index (χ0n) is 23.0. The SMILES string of the molecule is NC(=O)[C@H](OCc1ccccc1)[C@@H](OCc1ccccc1)[C@H](OCc1ccccc1)[C@H](O)COCc1ccccc1. The third-order valence-electron chi connectivity index (χ3n) is 6.52. The van der Waals surface area contributed by atoms with Crippen LogP contribution in [0.25, 0.3) is 0 Å². The molecule has 0 aromatic heterocycles. The van der Waals surface area contributed by atoms with Crippen molar-refractivity contribution in [3.8, 4) is 0 Å². The van der Waals surface area contributed by atoms with Crippen LogP contribution in [0.15, 0.2) is 121 Å². The van der Waals surface area contributed by atoms with Crippen LogP contribution < -0.4 is 5.73 Å². The standard InChI is InChI=1S/C34H37NO6/c35-34(37)33(41-24-29-19-11-4-12-20-29)32(40-23-28-17-9-3-10-18-28)31(39-22-27-15-7-2-8-16-27)30(36)25-38-21-26-13-5-1-6-14-26/h1-20,30-33,36H,21-25H2,(H2,35,37)/t30-,31-,32+,33-/m1/s1. The first-order chi connectivity index (χ1) is 20.1. The number of carbonyl (C=O) groups excluding carboxylic acids is 1. The van der Waals surface area contributed by atoms with E-state index in [9.17, 15) is 9.90 Å². The van der Waals surface area contributed by atoms with E-state index in [2.05, 4.69) is 0 Å². The molecular formula is C34H37NO6. The van der Waals surface area contributed by atoms with Gasteiger partial charge in [0, 0.05) is 0 Å². The first-order valence-corrected chi connectivity index (χ1v) is 13.7. The number of ether oxygens (including phenoxy) is 4. The fourth-order valence-electron chi connectivity index (χ4n) is 4.38. The zero-order valence-corrected chi connectivity index (χ0v) is 23.0. The number of aliphatic hydroxyl groups is 1. The van der Waals surface area contributed by atoms with E-state index in [4.69, 9.17) is 24.7 Å². The van der Waals surface area contributed by atoms with Gasteiger partial charge in [0.25, 0.3) is 0 Å². The Morgan fingerprint density at radius 1 is 0.561 bits per heavy atom. The second-order valence-corrected chi connectivity index (χ2v) is 9.71. The van der Waals surface area contributed by atoms with Crippen molar-refractivity contribution in [3.05, 3.63) is 144 Å². The van der Waals surface area contributed by atoms with Crippen LogP contribution in [0.5, 0.6) is 0 Å². The topological polar surface area (TPSA) is 100 Å². The fraction of sp³-hybridized carbons (Fsp3) is 0.265. The first-order valence-electron chi connectivity index (χ1n) is 13.7. The highest BCUT2D eigenvalue weighted by Gasteiger charge is 2.40. The van der Waals surface area contributed by atoms with Crippen LogP contribution in [0.4, 0.5) is 0 Å². The van der Waals surface area contributed by atoms with E-state index in [0.717, 1.165) is 22.3 Å². The second-order valence-electron chi connectivity index (χ2n) is 9.71. The summed E-state index contributed by atoms with van der Waals surface area (Å²) in [5.74, 6) is -0.718. The van der Waals surface area contributed by atoms with Gasteiger partial charge in [-0.05, 0) is 22.3 Å². The second kappa shape index (κ2) is 16.4. The van der Waals surface area contributed by atoms with Gasteiger partial charge in [-0.2, -0.15) is 0 Å². The van der Waals surface area contributed by atoms with Crippen LogP contribution in [0.1, 0.15) is 22.3 Å². The predicted octanol–water partition coefficient (Wildman–Crippen LogP) is 4.81. The lowest BCUT2D eigenvalue weighted by Gasteiger charge is -2.34. The number of aliphatic hydroxyl groups excluding tert-OH is 1. The number of nitrogens with two attached hydrogens (primary N) is 1. The minimum atomic E-state index is -1.21. The number of hydrogen-bond acceptors (Lipinski definition) is 6. The average Bonchev–Trinajstić information content (AvgIpc) is 3.01. The largest absolute Gasteiger partial charge is 0.388 e. The molecule has 7 heteroatoms. The molecule has 0 radical (unpaired) electrons. The molecule has 0 aliphatic heterocycles. The zero-order chi connectivity index (χ0) is 28.7. The number of carbonyl (C=O) groups is 1. The smallest absolute Gasteiger partial charge is 0.249 e. The molecule has 0 unspecified atom stereocenters. The fourth-order valence-corrected chi connectivity index (χ4v) is 4.38. The van der Waals surface area contributed by atoms with Crippen molar-refractivity contribution in [2.45, 2.75) is 50.8 Å². The summed E-state index contributed by atoms with van der Waals surface area (Å²) in [5.41, 5.74) is 9.51. The Morgan fingerprint density at radius 2 is 0.927 bits per heavy atom. The highest BCUT2D eigenvalue weighted by Crippen LogP contribution is 2.21. The number of hydrogen-bond donors (Lipinski definition) is 2. The molecule has 214 valence electrons. The maximum absolute atomic E-state index is 12.8. The molecule has 0 bridgehead atoms. The van der Waals surface area contributed by atoms with Gasteiger partial charge in [-0.3, -0.25) is 4.79 Å². The molecule has 4 aromatic carbocycles. The van der Waals surface area contributed by atoms with Crippen LogP contribution in [0.2, 0.25) is 0 Å². The number of rotatable bonds is 17. The minimum absolute atomic E-state index is 0.0519. The third-order valence-corrected chi connectivity index (χ3v) is 6.52. The van der Waals surface area contributed by atoms with Crippen molar-refractivity contribution < 1.29 is 28.8 Å². The molecule has 0 saturated carbocycles. The molecule has 4 rings (SSSR count). The summed E-state index contributed by atoms with van der Waals surface area (Å²) in [6.07, 6.45) is -4.38. The van der Waals surface area contributed by atoms with Crippen LogP contribution in [0.3, 0.4) is 0 Å². The lowest BCUT2D eigenvalue weighted by Crippen LogP contribution is -2.54. The monoisotopic (exact) mass is 555 g/mol. The summed E-state index contributed by atoms with van der Waals surface area (Å²) in [6.45, 7) is 0.724. The van der Waals surface area contributed by atoms with Gasteiger partial charge >= 0.3 is 0 Å². The molecule has 0 spiro atoms. The normalized spacial score (nSPS) is 14.2. The van der Waals surface area contributed by atoms with Crippen LogP contribution in [0, 0.1) is 0 Å². The first kappa shape index (κ1) is 30.1. The van der Waals surface area contributed by atoms with Gasteiger partial charge < -0.3 is 29.8 Å². The lowest BCUT2D eigenvalue weighted by atomic mass is 10.0. The highest BCUT2D eigenvalue weighted by atomic mass is 16.6. The molecule has 1 amide bonds. The Kier molecular flexibility index (Phi) is 12.1. The molecule has 41 heavy (non-hydrogen) atoms. The molecule has 0 heterocycles. The van der Waals surface area contributed by atoms with Crippen molar-refractivity contribution in [1.29, 1.82) is 0 Å². The summed E-state index contributed by atoms with van der Waals surface area (Å²) in [6, 6.07) is 38.3. The molecule has 4 aromatic rings. The summed E-state index contributed by atoms with van der Waals surface area (Å²) >= 11 is 0. The molecular weight excluding hydrogens is 518 g/mol. The Bertz CT molecular complexity index is 1270. The van der Waals surface area contributed by atoms with Crippen LogP contribution in [-0.2, 0) is 50.2 Å². The third kappa shape index (κ3) is 9.93. The van der Waals surface area contributed by atoms with Gasteiger partial charge in [0.05, 0.1) is 33.0 Å². The van der Waals surface area contributed by atoms with Gasteiger partial charge in [-0.25, -0.2) is 0 Å². The van der Waals surface area contributed by atoms with Crippen LogP contribution in [-0.4, -0.2) is 42.0 Å². The quantitative estimate of drug-likeness (QED) is 0.194. The van der Waals surface area contributed by atoms with E-state index >= 15 is 0 Å². The van der Waals surface area contributed by atoms with E-state index in [1.807, 2.05) is 121 Å². The molecule has 0 aliphatic carbocycles. The van der Waals surface area contributed by atoms with Crippen molar-refractivity contribution in [3.63, 3.8) is 0 Å². The van der Waals surface area contributed by atoms with Crippen molar-refractivity contribution >= 4 is 5.91 Å². The predicted molar refractivity (Wildman–Crippen MR) is 156 cm³/mol. The van der Waals surface area contributed by atoms with E-state index in [0.29, 0.717) is 6.61 Å². The summed E-state index contributed by atoms with van der Waals surface area (Å²) in [7, 11) is 0. The van der Waals surface area contributed by atoms with Crippen molar-refractivity contribution in [2.75, 3.05) is 6.61 Å². The molecule has 0 saturated heterocycles. The van der Waals surface area contributed by atoms with E-state index in [-0.39, 0.29) is 26.4 Å². The Labute approximate surface area is 241 Å². The summed E-state index contributed by atoms with van der Waals surface area (Å²) in [5, 5.41) is 11.4. The molecule has 0 fully saturated rings. The van der Waals surface area contributed by atoms with E-state index in [1.165, 1.54) is 0 Å². The van der Waals surface area contributed by atoms with Gasteiger partial charge in [-0.15, -0.1) is 0 Å². The Balaban J connectivity index is 1.57. The Hall–Kier alpha value is -3.85. The van der Waals surface area contributed by atoms with Gasteiger partial charge in [0.15, 0.2) is 6.10 Å². The molecule has 0 aliphatic rings. The molecule has 4 atom stereocenters. The minimum Gasteiger partial charge on any atom is -0.388 e. The van der Waals surface area contributed by atoms with Gasteiger partial charge in [0.1, 0.15) is 18.3 Å². The summed E-state index contributed by atoms with van der Waals surface area (Å²) < 4.78 is 24.5. The van der Waals surface area contributed by atoms with E-state index in [1.54, 1.807) is 0 Å². The van der Waals surface area contributed by atoms with Crippen molar-refractivity contribution in [1.82, 2.24) is 0 Å². The van der Waals surface area contributed by atoms with Gasteiger partial charge in [-0.1, -0.05) is 121 Å².